The van der Waals surface area contributed by atoms with Crippen molar-refractivity contribution in [2.75, 3.05) is 18.9 Å². The van der Waals surface area contributed by atoms with E-state index in [0.717, 1.165) is 17.0 Å². The molecule has 21 heavy (non-hydrogen) atoms. The van der Waals surface area contributed by atoms with Crippen LogP contribution in [-0.2, 0) is 6.42 Å². The van der Waals surface area contributed by atoms with Gasteiger partial charge >= 0.3 is 6.03 Å². The van der Waals surface area contributed by atoms with Crippen molar-refractivity contribution in [3.63, 3.8) is 0 Å². The van der Waals surface area contributed by atoms with E-state index in [9.17, 15) is 4.79 Å². The van der Waals surface area contributed by atoms with Gasteiger partial charge in [-0.25, -0.2) is 4.79 Å². The zero-order valence-electron chi connectivity index (χ0n) is 12.3. The maximum Gasteiger partial charge on any atom is 0.319 e. The largest absolute Gasteiger partial charge is 0.469 e. The molecule has 5 nitrogen and oxygen atoms in total. The summed E-state index contributed by atoms with van der Waals surface area (Å²) in [6, 6.07) is 11.6. The summed E-state index contributed by atoms with van der Waals surface area (Å²) >= 11 is 0. The van der Waals surface area contributed by atoms with Crippen molar-refractivity contribution < 1.29 is 9.21 Å². The van der Waals surface area contributed by atoms with Gasteiger partial charge in [0.1, 0.15) is 5.76 Å². The first kappa shape index (κ1) is 15.1. The molecule has 0 aliphatic carbocycles. The van der Waals surface area contributed by atoms with E-state index in [2.05, 4.69) is 22.9 Å². The summed E-state index contributed by atoms with van der Waals surface area (Å²) in [5.41, 5.74) is 1.91. The Bertz CT molecular complexity index is 567. The molecule has 0 saturated carbocycles. The van der Waals surface area contributed by atoms with Crippen molar-refractivity contribution in [1.82, 2.24) is 10.6 Å². The molecule has 112 valence electrons. The topological polar surface area (TPSA) is 66.3 Å². The van der Waals surface area contributed by atoms with Crippen LogP contribution >= 0.6 is 0 Å². The van der Waals surface area contributed by atoms with Crippen molar-refractivity contribution in [3.05, 3.63) is 54.0 Å². The second-order valence-electron chi connectivity index (χ2n) is 4.85. The molecule has 1 aromatic carbocycles. The van der Waals surface area contributed by atoms with Gasteiger partial charge in [0.25, 0.3) is 0 Å². The highest BCUT2D eigenvalue weighted by atomic mass is 16.3. The molecule has 2 aromatic rings. The van der Waals surface area contributed by atoms with E-state index in [-0.39, 0.29) is 12.1 Å². The lowest BCUT2D eigenvalue weighted by molar-refractivity contribution is 0.252. The Morgan fingerprint density at radius 3 is 2.86 bits per heavy atom. The number of rotatable bonds is 6. The minimum Gasteiger partial charge on any atom is -0.469 e. The molecule has 0 aliphatic heterocycles. The van der Waals surface area contributed by atoms with Gasteiger partial charge in [-0.15, -0.1) is 0 Å². The number of amides is 2. The smallest absolute Gasteiger partial charge is 0.319 e. The summed E-state index contributed by atoms with van der Waals surface area (Å²) < 4.78 is 5.21. The number of hydrogen-bond acceptors (Lipinski definition) is 3. The molecule has 0 saturated heterocycles. The van der Waals surface area contributed by atoms with Crippen LogP contribution in [0.2, 0.25) is 0 Å². The lowest BCUT2D eigenvalue weighted by Crippen LogP contribution is -2.30. The first-order valence-electron chi connectivity index (χ1n) is 7.03. The van der Waals surface area contributed by atoms with Crippen LogP contribution in [0.4, 0.5) is 10.5 Å². The Kier molecular flexibility index (Phi) is 5.40. The number of anilines is 1. The van der Waals surface area contributed by atoms with Crippen LogP contribution < -0.4 is 16.0 Å². The second-order valence-corrected chi connectivity index (χ2v) is 4.85. The fourth-order valence-corrected chi connectivity index (χ4v) is 1.98. The SMILES string of the molecule is CNC(C)c1cccc(NC(=O)NCCc2ccco2)c1. The zero-order valence-corrected chi connectivity index (χ0v) is 12.3. The Morgan fingerprint density at radius 2 is 2.14 bits per heavy atom. The van der Waals surface area contributed by atoms with Crippen molar-refractivity contribution in [3.8, 4) is 0 Å². The molecule has 1 unspecified atom stereocenters. The summed E-state index contributed by atoms with van der Waals surface area (Å²) in [6.07, 6.45) is 2.31. The summed E-state index contributed by atoms with van der Waals surface area (Å²) in [7, 11) is 1.91. The van der Waals surface area contributed by atoms with Gasteiger partial charge in [-0.1, -0.05) is 12.1 Å². The third-order valence-corrected chi connectivity index (χ3v) is 3.31. The Hall–Kier alpha value is -2.27. The molecule has 3 N–H and O–H groups in total. The van der Waals surface area contributed by atoms with Gasteiger partial charge in [0.2, 0.25) is 0 Å². The van der Waals surface area contributed by atoms with Gasteiger partial charge in [0, 0.05) is 24.7 Å². The summed E-state index contributed by atoms with van der Waals surface area (Å²) in [5, 5.41) is 8.81. The molecule has 5 heteroatoms. The zero-order chi connectivity index (χ0) is 15.1. The van der Waals surface area contributed by atoms with Crippen molar-refractivity contribution in [2.24, 2.45) is 0 Å². The van der Waals surface area contributed by atoms with E-state index in [4.69, 9.17) is 4.42 Å². The average Bonchev–Trinajstić information content (AvgIpc) is 3.00. The van der Waals surface area contributed by atoms with E-state index in [1.165, 1.54) is 0 Å². The highest BCUT2D eigenvalue weighted by molar-refractivity contribution is 5.89. The first-order chi connectivity index (χ1) is 10.2. The molecular formula is C16H21N3O2. The first-order valence-corrected chi connectivity index (χ1v) is 7.03. The fourth-order valence-electron chi connectivity index (χ4n) is 1.98. The minimum absolute atomic E-state index is 0.212. The van der Waals surface area contributed by atoms with Crippen LogP contribution in [0.15, 0.2) is 47.1 Å². The van der Waals surface area contributed by atoms with Gasteiger partial charge in [-0.05, 0) is 43.8 Å². The van der Waals surface area contributed by atoms with E-state index >= 15 is 0 Å². The summed E-state index contributed by atoms with van der Waals surface area (Å²) in [6.45, 7) is 2.61. The number of nitrogens with one attached hydrogen (secondary N) is 3. The highest BCUT2D eigenvalue weighted by Gasteiger charge is 2.05. The van der Waals surface area contributed by atoms with E-state index in [0.29, 0.717) is 13.0 Å². The van der Waals surface area contributed by atoms with Crippen molar-refractivity contribution in [2.45, 2.75) is 19.4 Å². The highest BCUT2D eigenvalue weighted by Crippen LogP contribution is 2.16. The van der Waals surface area contributed by atoms with E-state index < -0.39 is 0 Å². The summed E-state index contributed by atoms with van der Waals surface area (Å²) in [5.74, 6) is 0.861. The molecule has 2 amide bonds. The molecule has 0 bridgehead atoms. The Balaban J connectivity index is 1.82. The lowest BCUT2D eigenvalue weighted by Gasteiger charge is -2.13. The number of benzene rings is 1. The van der Waals surface area contributed by atoms with Crippen LogP contribution in [0, 0.1) is 0 Å². The molecule has 0 fully saturated rings. The number of urea groups is 1. The molecule has 0 radical (unpaired) electrons. The van der Waals surface area contributed by atoms with Gasteiger partial charge < -0.3 is 20.4 Å². The van der Waals surface area contributed by atoms with Crippen LogP contribution in [0.25, 0.3) is 0 Å². The van der Waals surface area contributed by atoms with E-state index in [1.807, 2.05) is 43.4 Å². The number of carbonyl (C=O) groups is 1. The maximum atomic E-state index is 11.8. The van der Waals surface area contributed by atoms with Gasteiger partial charge in [0.15, 0.2) is 0 Å². The number of carbonyl (C=O) groups excluding carboxylic acids is 1. The molecule has 1 aromatic heterocycles. The Morgan fingerprint density at radius 1 is 1.29 bits per heavy atom. The quantitative estimate of drug-likeness (QED) is 0.765. The monoisotopic (exact) mass is 287 g/mol. The van der Waals surface area contributed by atoms with Crippen LogP contribution in [0.5, 0.6) is 0 Å². The molecule has 0 spiro atoms. The number of furan rings is 1. The number of hydrogen-bond donors (Lipinski definition) is 3. The predicted molar refractivity (Wildman–Crippen MR) is 83.4 cm³/mol. The van der Waals surface area contributed by atoms with Crippen LogP contribution in [0.3, 0.4) is 0 Å². The second kappa shape index (κ2) is 7.50. The van der Waals surface area contributed by atoms with Crippen molar-refractivity contribution in [1.29, 1.82) is 0 Å². The van der Waals surface area contributed by atoms with Gasteiger partial charge in [-0.3, -0.25) is 0 Å². The van der Waals surface area contributed by atoms with Gasteiger partial charge in [0.05, 0.1) is 6.26 Å². The standard InChI is InChI=1S/C16H21N3O2/c1-12(17-2)13-5-3-6-14(11-13)19-16(20)18-9-8-15-7-4-10-21-15/h3-7,10-12,17H,8-9H2,1-2H3,(H2,18,19,20). The third kappa shape index (κ3) is 4.65. The van der Waals surface area contributed by atoms with Crippen LogP contribution in [-0.4, -0.2) is 19.6 Å². The van der Waals surface area contributed by atoms with Crippen LogP contribution in [0.1, 0.15) is 24.3 Å². The molecular weight excluding hydrogens is 266 g/mol. The molecule has 0 aliphatic rings. The molecule has 2 rings (SSSR count). The average molecular weight is 287 g/mol. The molecule has 1 atom stereocenters. The fraction of sp³-hybridized carbons (Fsp3) is 0.312. The normalized spacial score (nSPS) is 11.9. The van der Waals surface area contributed by atoms with E-state index in [1.54, 1.807) is 6.26 Å². The summed E-state index contributed by atoms with van der Waals surface area (Å²) in [4.78, 5) is 11.8. The maximum absolute atomic E-state index is 11.8. The lowest BCUT2D eigenvalue weighted by atomic mass is 10.1. The van der Waals surface area contributed by atoms with Gasteiger partial charge in [-0.2, -0.15) is 0 Å². The van der Waals surface area contributed by atoms with Crippen molar-refractivity contribution >= 4 is 11.7 Å². The Labute approximate surface area is 124 Å². The molecule has 1 heterocycles. The predicted octanol–water partition coefficient (Wildman–Crippen LogP) is 2.92. The third-order valence-electron chi connectivity index (χ3n) is 3.31. The minimum atomic E-state index is -0.212.